The van der Waals surface area contributed by atoms with Gasteiger partial charge in [-0.2, -0.15) is 0 Å². The molecule has 0 unspecified atom stereocenters. The van der Waals surface area contributed by atoms with Crippen molar-refractivity contribution in [1.82, 2.24) is 10.6 Å². The molecule has 160 valence electrons. The van der Waals surface area contributed by atoms with Gasteiger partial charge >= 0.3 is 0 Å². The smallest absolute Gasteiger partial charge is 0.191 e. The fraction of sp³-hybridized carbons (Fsp3) is 0.409. The molecular weight excluding hydrogens is 481 g/mol. The molecule has 0 bridgehead atoms. The summed E-state index contributed by atoms with van der Waals surface area (Å²) in [6, 6.07) is 14.2. The van der Waals surface area contributed by atoms with Gasteiger partial charge in [-0.3, -0.25) is 4.99 Å². The van der Waals surface area contributed by atoms with Gasteiger partial charge in [0.05, 0.1) is 13.2 Å². The van der Waals surface area contributed by atoms with Gasteiger partial charge in [-0.05, 0) is 43.2 Å². The minimum absolute atomic E-state index is 0. The van der Waals surface area contributed by atoms with Crippen LogP contribution in [0.25, 0.3) is 0 Å². The number of nitrogens with one attached hydrogen (secondary N) is 2. The molecule has 0 saturated heterocycles. The maximum atomic E-state index is 5.84. The van der Waals surface area contributed by atoms with E-state index < -0.39 is 0 Å². The molecule has 0 aliphatic carbocycles. The van der Waals surface area contributed by atoms with E-state index in [2.05, 4.69) is 47.7 Å². The topological polar surface area (TPSA) is 64.1 Å². The monoisotopic (exact) mass is 513 g/mol. The summed E-state index contributed by atoms with van der Waals surface area (Å²) in [5.41, 5.74) is 3.41. The van der Waals surface area contributed by atoms with Crippen molar-refractivity contribution >= 4 is 29.9 Å². The predicted octanol–water partition coefficient (Wildman–Crippen LogP) is 3.69. The molecule has 0 radical (unpaired) electrons. The Labute approximate surface area is 191 Å². The van der Waals surface area contributed by atoms with E-state index in [4.69, 9.17) is 14.2 Å². The summed E-state index contributed by atoms with van der Waals surface area (Å²) in [5, 5.41) is 6.58. The SMILES string of the molecule is CN=C(NCCOc1cccc(C)c1)NCc1ccc(C)cc1OCCOC.I. The van der Waals surface area contributed by atoms with Gasteiger partial charge in [0.25, 0.3) is 0 Å². The van der Waals surface area contributed by atoms with E-state index in [-0.39, 0.29) is 24.0 Å². The Morgan fingerprint density at radius 2 is 1.72 bits per heavy atom. The zero-order valence-corrected chi connectivity index (χ0v) is 20.0. The number of guanidine groups is 1. The van der Waals surface area contributed by atoms with E-state index in [9.17, 15) is 0 Å². The van der Waals surface area contributed by atoms with Crippen LogP contribution in [0, 0.1) is 13.8 Å². The second-order valence-electron chi connectivity index (χ2n) is 6.47. The summed E-state index contributed by atoms with van der Waals surface area (Å²) in [6.07, 6.45) is 0. The van der Waals surface area contributed by atoms with E-state index >= 15 is 0 Å². The van der Waals surface area contributed by atoms with Crippen molar-refractivity contribution in [3.05, 3.63) is 59.2 Å². The Bertz CT molecular complexity index is 769. The molecule has 0 heterocycles. The Kier molecular flexibility index (Phi) is 12.1. The highest BCUT2D eigenvalue weighted by Gasteiger charge is 2.06. The minimum atomic E-state index is 0. The van der Waals surface area contributed by atoms with Gasteiger partial charge in [-0.25, -0.2) is 0 Å². The van der Waals surface area contributed by atoms with E-state index in [1.165, 1.54) is 5.56 Å². The molecule has 2 aromatic carbocycles. The van der Waals surface area contributed by atoms with Crippen LogP contribution in [-0.4, -0.2) is 46.5 Å². The van der Waals surface area contributed by atoms with Crippen LogP contribution in [0.15, 0.2) is 47.5 Å². The van der Waals surface area contributed by atoms with Gasteiger partial charge in [0.15, 0.2) is 5.96 Å². The predicted molar refractivity (Wildman–Crippen MR) is 129 cm³/mol. The van der Waals surface area contributed by atoms with Crippen molar-refractivity contribution < 1.29 is 14.2 Å². The maximum absolute atomic E-state index is 5.84. The average molecular weight is 513 g/mol. The normalized spacial score (nSPS) is 10.8. The highest BCUT2D eigenvalue weighted by atomic mass is 127. The second kappa shape index (κ2) is 14.1. The third-order valence-corrected chi connectivity index (χ3v) is 4.09. The molecule has 0 fully saturated rings. The van der Waals surface area contributed by atoms with Crippen LogP contribution in [0.2, 0.25) is 0 Å². The van der Waals surface area contributed by atoms with Crippen LogP contribution in [-0.2, 0) is 11.3 Å². The first-order valence-corrected chi connectivity index (χ1v) is 9.47. The van der Waals surface area contributed by atoms with Crippen molar-refractivity contribution in [3.63, 3.8) is 0 Å². The number of aliphatic imine (C=N–C) groups is 1. The second-order valence-corrected chi connectivity index (χ2v) is 6.47. The van der Waals surface area contributed by atoms with Crippen molar-refractivity contribution in [1.29, 1.82) is 0 Å². The van der Waals surface area contributed by atoms with Crippen LogP contribution in [0.1, 0.15) is 16.7 Å². The lowest BCUT2D eigenvalue weighted by molar-refractivity contribution is 0.145. The summed E-state index contributed by atoms with van der Waals surface area (Å²) in [7, 11) is 3.42. The van der Waals surface area contributed by atoms with Gasteiger partial charge < -0.3 is 24.8 Å². The summed E-state index contributed by atoms with van der Waals surface area (Å²) in [6.45, 7) is 7.01. The summed E-state index contributed by atoms with van der Waals surface area (Å²) < 4.78 is 16.7. The summed E-state index contributed by atoms with van der Waals surface area (Å²) >= 11 is 0. The zero-order valence-electron chi connectivity index (χ0n) is 17.7. The fourth-order valence-corrected chi connectivity index (χ4v) is 2.62. The number of hydrogen-bond acceptors (Lipinski definition) is 4. The van der Waals surface area contributed by atoms with E-state index in [0.29, 0.717) is 32.9 Å². The quantitative estimate of drug-likeness (QED) is 0.220. The molecule has 0 atom stereocenters. The fourth-order valence-electron chi connectivity index (χ4n) is 2.62. The Morgan fingerprint density at radius 1 is 0.931 bits per heavy atom. The van der Waals surface area contributed by atoms with Crippen LogP contribution in [0.5, 0.6) is 11.5 Å². The lowest BCUT2D eigenvalue weighted by atomic mass is 10.1. The molecule has 0 aliphatic heterocycles. The molecule has 2 N–H and O–H groups in total. The molecule has 7 heteroatoms. The van der Waals surface area contributed by atoms with Gasteiger partial charge in [-0.15, -0.1) is 24.0 Å². The first kappa shape index (κ1) is 25.0. The highest BCUT2D eigenvalue weighted by molar-refractivity contribution is 14.0. The number of rotatable bonds is 10. The molecule has 29 heavy (non-hydrogen) atoms. The molecule has 0 amide bonds. The molecule has 0 saturated carbocycles. The van der Waals surface area contributed by atoms with E-state index in [1.807, 2.05) is 24.3 Å². The van der Waals surface area contributed by atoms with Crippen molar-refractivity contribution in [2.75, 3.05) is 40.5 Å². The Hall–Kier alpha value is -2.00. The largest absolute Gasteiger partial charge is 0.492 e. The number of methoxy groups -OCH3 is 1. The van der Waals surface area contributed by atoms with Crippen LogP contribution in [0.4, 0.5) is 0 Å². The molecular formula is C22H32IN3O3. The Morgan fingerprint density at radius 3 is 2.45 bits per heavy atom. The maximum Gasteiger partial charge on any atom is 0.191 e. The van der Waals surface area contributed by atoms with E-state index in [1.54, 1.807) is 14.2 Å². The van der Waals surface area contributed by atoms with Gasteiger partial charge in [0.2, 0.25) is 0 Å². The average Bonchev–Trinajstić information content (AvgIpc) is 2.69. The standard InChI is InChI=1S/C22H31N3O3.HI/c1-17-6-5-7-20(14-17)27-11-10-24-22(23-3)25-16-19-9-8-18(2)15-21(19)28-13-12-26-4;/h5-9,14-15H,10-13,16H2,1-4H3,(H2,23,24,25);1H. The molecule has 0 aliphatic rings. The van der Waals surface area contributed by atoms with Gasteiger partial charge in [0, 0.05) is 26.3 Å². The third kappa shape index (κ3) is 9.36. The number of benzene rings is 2. The number of halogens is 1. The molecule has 0 aromatic heterocycles. The van der Waals surface area contributed by atoms with Gasteiger partial charge in [-0.1, -0.05) is 24.3 Å². The van der Waals surface area contributed by atoms with Crippen molar-refractivity contribution in [3.8, 4) is 11.5 Å². The first-order valence-electron chi connectivity index (χ1n) is 9.47. The van der Waals surface area contributed by atoms with Crippen molar-refractivity contribution in [2.45, 2.75) is 20.4 Å². The number of hydrogen-bond donors (Lipinski definition) is 2. The lowest BCUT2D eigenvalue weighted by Gasteiger charge is -2.15. The summed E-state index contributed by atoms with van der Waals surface area (Å²) in [5.74, 6) is 2.46. The van der Waals surface area contributed by atoms with Crippen LogP contribution < -0.4 is 20.1 Å². The number of nitrogens with zero attached hydrogens (tertiary/aromatic N) is 1. The number of ether oxygens (including phenoxy) is 3. The van der Waals surface area contributed by atoms with Gasteiger partial charge in [0.1, 0.15) is 24.7 Å². The minimum Gasteiger partial charge on any atom is -0.492 e. The van der Waals surface area contributed by atoms with Crippen molar-refractivity contribution in [2.24, 2.45) is 4.99 Å². The van der Waals surface area contributed by atoms with Crippen LogP contribution >= 0.6 is 24.0 Å². The first-order chi connectivity index (χ1) is 13.6. The van der Waals surface area contributed by atoms with Crippen LogP contribution in [0.3, 0.4) is 0 Å². The number of aryl methyl sites for hydroxylation is 2. The molecule has 6 nitrogen and oxygen atoms in total. The molecule has 2 rings (SSSR count). The summed E-state index contributed by atoms with van der Waals surface area (Å²) in [4.78, 5) is 4.26. The highest BCUT2D eigenvalue weighted by Crippen LogP contribution is 2.20. The third-order valence-electron chi connectivity index (χ3n) is 4.09. The molecule has 0 spiro atoms. The zero-order chi connectivity index (χ0) is 20.2. The van der Waals surface area contributed by atoms with E-state index in [0.717, 1.165) is 28.6 Å². The molecule has 2 aromatic rings. The lowest BCUT2D eigenvalue weighted by Crippen LogP contribution is -2.39. The Balaban J connectivity index is 0.00000420.